The molecule has 0 aliphatic heterocycles. The van der Waals surface area contributed by atoms with Gasteiger partial charge in [0.1, 0.15) is 11.6 Å². The van der Waals surface area contributed by atoms with Crippen LogP contribution in [-0.4, -0.2) is 12.6 Å². The van der Waals surface area contributed by atoms with Crippen molar-refractivity contribution >= 4 is 11.6 Å². The predicted octanol–water partition coefficient (Wildman–Crippen LogP) is 4.38. The number of halogens is 3. The standard InChI is InChI=1S/C17H18ClF2N/c1-2-21-16(9-12-4-3-5-15(19)8-12)10-13-6-7-14(18)11-17(13)20/h3-8,11,16,21H,2,9-10H2,1H3. The van der Waals surface area contributed by atoms with E-state index < -0.39 is 0 Å². The minimum Gasteiger partial charge on any atom is -0.314 e. The van der Waals surface area contributed by atoms with Crippen LogP contribution >= 0.6 is 11.6 Å². The lowest BCUT2D eigenvalue weighted by Crippen LogP contribution is -2.33. The van der Waals surface area contributed by atoms with Gasteiger partial charge in [0.15, 0.2) is 0 Å². The monoisotopic (exact) mass is 309 g/mol. The van der Waals surface area contributed by atoms with Crippen molar-refractivity contribution in [3.05, 3.63) is 70.2 Å². The Balaban J connectivity index is 2.11. The molecular formula is C17H18ClF2N. The summed E-state index contributed by atoms with van der Waals surface area (Å²) < 4.78 is 27.1. The fourth-order valence-corrected chi connectivity index (χ4v) is 2.57. The van der Waals surface area contributed by atoms with E-state index in [1.807, 2.05) is 13.0 Å². The molecule has 1 nitrogen and oxygen atoms in total. The van der Waals surface area contributed by atoms with Crippen molar-refractivity contribution in [2.24, 2.45) is 0 Å². The summed E-state index contributed by atoms with van der Waals surface area (Å²) in [5.74, 6) is -0.551. The topological polar surface area (TPSA) is 12.0 Å². The number of hydrogen-bond acceptors (Lipinski definition) is 1. The van der Waals surface area contributed by atoms with Gasteiger partial charge in [-0.3, -0.25) is 0 Å². The molecule has 112 valence electrons. The molecule has 0 heterocycles. The molecule has 0 aromatic heterocycles. The van der Waals surface area contributed by atoms with Gasteiger partial charge in [0, 0.05) is 11.1 Å². The van der Waals surface area contributed by atoms with E-state index >= 15 is 0 Å². The van der Waals surface area contributed by atoms with E-state index in [1.54, 1.807) is 18.2 Å². The number of hydrogen-bond donors (Lipinski definition) is 1. The molecule has 0 spiro atoms. The zero-order valence-corrected chi connectivity index (χ0v) is 12.6. The van der Waals surface area contributed by atoms with Crippen molar-refractivity contribution in [3.8, 4) is 0 Å². The molecule has 4 heteroatoms. The van der Waals surface area contributed by atoms with Gasteiger partial charge >= 0.3 is 0 Å². The summed E-state index contributed by atoms with van der Waals surface area (Å²) in [7, 11) is 0. The minimum absolute atomic E-state index is 0.0486. The van der Waals surface area contributed by atoms with E-state index in [9.17, 15) is 8.78 Å². The molecule has 2 aromatic rings. The van der Waals surface area contributed by atoms with E-state index in [0.717, 1.165) is 12.1 Å². The Morgan fingerprint density at radius 2 is 1.90 bits per heavy atom. The van der Waals surface area contributed by atoms with Gasteiger partial charge < -0.3 is 5.32 Å². The average molecular weight is 310 g/mol. The molecule has 0 aliphatic rings. The fourth-order valence-electron chi connectivity index (χ4n) is 2.41. The highest BCUT2D eigenvalue weighted by Gasteiger charge is 2.13. The molecule has 0 amide bonds. The molecule has 1 unspecified atom stereocenters. The first-order chi connectivity index (χ1) is 10.1. The van der Waals surface area contributed by atoms with Crippen LogP contribution in [0.1, 0.15) is 18.1 Å². The van der Waals surface area contributed by atoms with Crippen molar-refractivity contribution in [1.82, 2.24) is 5.32 Å². The molecular weight excluding hydrogens is 292 g/mol. The highest BCUT2D eigenvalue weighted by atomic mass is 35.5. The highest BCUT2D eigenvalue weighted by Crippen LogP contribution is 2.17. The lowest BCUT2D eigenvalue weighted by molar-refractivity contribution is 0.504. The number of nitrogens with one attached hydrogen (secondary N) is 1. The lowest BCUT2D eigenvalue weighted by Gasteiger charge is -2.18. The SMILES string of the molecule is CCNC(Cc1cccc(F)c1)Cc1ccc(Cl)cc1F. The van der Waals surface area contributed by atoms with Gasteiger partial charge in [0.2, 0.25) is 0 Å². The van der Waals surface area contributed by atoms with E-state index in [-0.39, 0.29) is 17.7 Å². The average Bonchev–Trinajstić information content (AvgIpc) is 2.42. The molecule has 21 heavy (non-hydrogen) atoms. The molecule has 1 N–H and O–H groups in total. The first-order valence-electron chi connectivity index (χ1n) is 7.00. The third kappa shape index (κ3) is 4.80. The van der Waals surface area contributed by atoms with Crippen LogP contribution in [0.25, 0.3) is 0 Å². The Bertz CT molecular complexity index is 601. The molecule has 1 atom stereocenters. The maximum Gasteiger partial charge on any atom is 0.127 e. The maximum atomic E-state index is 13.9. The summed E-state index contributed by atoms with van der Waals surface area (Å²) in [5, 5.41) is 3.71. The Morgan fingerprint density at radius 1 is 1.10 bits per heavy atom. The number of likely N-dealkylation sites (N-methyl/N-ethyl adjacent to an activating group) is 1. The summed E-state index contributed by atoms with van der Waals surface area (Å²) in [6.45, 7) is 2.77. The van der Waals surface area contributed by atoms with E-state index in [2.05, 4.69) is 5.32 Å². The Kier molecular flexibility index (Phi) is 5.71. The van der Waals surface area contributed by atoms with Crippen LogP contribution in [0.3, 0.4) is 0 Å². The smallest absolute Gasteiger partial charge is 0.127 e. The predicted molar refractivity (Wildman–Crippen MR) is 82.7 cm³/mol. The van der Waals surface area contributed by atoms with E-state index in [1.165, 1.54) is 18.2 Å². The zero-order valence-electron chi connectivity index (χ0n) is 11.9. The summed E-state index contributed by atoms with van der Waals surface area (Å²) in [6, 6.07) is 11.3. The number of benzene rings is 2. The summed E-state index contributed by atoms with van der Waals surface area (Å²) in [6.07, 6.45) is 1.18. The van der Waals surface area contributed by atoms with E-state index in [4.69, 9.17) is 11.6 Å². The molecule has 0 bridgehead atoms. The van der Waals surface area contributed by atoms with Crippen LogP contribution < -0.4 is 5.32 Å². The molecule has 2 rings (SSSR count). The fraction of sp³-hybridized carbons (Fsp3) is 0.294. The molecule has 0 saturated heterocycles. The highest BCUT2D eigenvalue weighted by molar-refractivity contribution is 6.30. The van der Waals surface area contributed by atoms with Gasteiger partial charge in [-0.25, -0.2) is 8.78 Å². The van der Waals surface area contributed by atoms with Gasteiger partial charge in [-0.15, -0.1) is 0 Å². The van der Waals surface area contributed by atoms with Crippen LogP contribution in [0, 0.1) is 11.6 Å². The van der Waals surface area contributed by atoms with Crippen molar-refractivity contribution in [1.29, 1.82) is 0 Å². The third-order valence-corrected chi connectivity index (χ3v) is 3.58. The van der Waals surface area contributed by atoms with Crippen molar-refractivity contribution in [2.75, 3.05) is 6.54 Å². The van der Waals surface area contributed by atoms with Crippen LogP contribution in [0.2, 0.25) is 5.02 Å². The second kappa shape index (κ2) is 7.53. The second-order valence-electron chi connectivity index (χ2n) is 5.03. The first kappa shape index (κ1) is 15.9. The summed E-state index contributed by atoms with van der Waals surface area (Å²) in [4.78, 5) is 0. The molecule has 0 fully saturated rings. The van der Waals surface area contributed by atoms with Crippen molar-refractivity contribution in [3.63, 3.8) is 0 Å². The Hall–Kier alpha value is -1.45. The third-order valence-electron chi connectivity index (χ3n) is 3.35. The van der Waals surface area contributed by atoms with Crippen LogP contribution in [-0.2, 0) is 12.8 Å². The van der Waals surface area contributed by atoms with Gasteiger partial charge in [-0.05, 0) is 54.8 Å². The first-order valence-corrected chi connectivity index (χ1v) is 7.38. The van der Waals surface area contributed by atoms with Gasteiger partial charge in [-0.2, -0.15) is 0 Å². The summed E-state index contributed by atoms with van der Waals surface area (Å²) >= 11 is 5.76. The van der Waals surface area contributed by atoms with Gasteiger partial charge in [0.05, 0.1) is 0 Å². The van der Waals surface area contributed by atoms with Crippen LogP contribution in [0.5, 0.6) is 0 Å². The Labute approximate surface area is 128 Å². The Morgan fingerprint density at radius 3 is 2.57 bits per heavy atom. The lowest BCUT2D eigenvalue weighted by atomic mass is 9.98. The van der Waals surface area contributed by atoms with Gasteiger partial charge in [-0.1, -0.05) is 36.7 Å². The largest absolute Gasteiger partial charge is 0.314 e. The maximum absolute atomic E-state index is 13.9. The summed E-state index contributed by atoms with van der Waals surface area (Å²) in [5.41, 5.74) is 1.51. The molecule has 0 saturated carbocycles. The normalized spacial score (nSPS) is 12.4. The molecule has 0 aliphatic carbocycles. The van der Waals surface area contributed by atoms with E-state index in [0.29, 0.717) is 23.4 Å². The van der Waals surface area contributed by atoms with Crippen molar-refractivity contribution < 1.29 is 8.78 Å². The molecule has 0 radical (unpaired) electrons. The zero-order chi connectivity index (χ0) is 15.2. The second-order valence-corrected chi connectivity index (χ2v) is 5.46. The van der Waals surface area contributed by atoms with Crippen molar-refractivity contribution in [2.45, 2.75) is 25.8 Å². The molecule has 2 aromatic carbocycles. The van der Waals surface area contributed by atoms with Crippen LogP contribution in [0.4, 0.5) is 8.78 Å². The van der Waals surface area contributed by atoms with Gasteiger partial charge in [0.25, 0.3) is 0 Å². The van der Waals surface area contributed by atoms with Crippen LogP contribution in [0.15, 0.2) is 42.5 Å². The number of rotatable bonds is 6. The minimum atomic E-state index is -0.301. The quantitative estimate of drug-likeness (QED) is 0.835.